The van der Waals surface area contributed by atoms with E-state index < -0.39 is 0 Å². The van der Waals surface area contributed by atoms with Crippen molar-refractivity contribution in [3.8, 4) is 0 Å². The van der Waals surface area contributed by atoms with Gasteiger partial charge in [0.25, 0.3) is 5.56 Å². The van der Waals surface area contributed by atoms with E-state index >= 15 is 0 Å². The molecule has 4 heteroatoms. The minimum atomic E-state index is 0.0564. The van der Waals surface area contributed by atoms with Crippen molar-refractivity contribution in [1.29, 1.82) is 0 Å². The average molecular weight is 285 g/mol. The van der Waals surface area contributed by atoms with Crippen LogP contribution >= 0.6 is 15.9 Å². The Morgan fingerprint density at radius 2 is 2.12 bits per heavy atom. The summed E-state index contributed by atoms with van der Waals surface area (Å²) in [7, 11) is 0. The standard InChI is InChI=1S/C12H17BrN2O/c13-8-12(5-2-1-3-6-12)9-15-10-14-7-4-11(15)16/h4,7,10H,1-3,5-6,8-9H2. The number of aromatic nitrogens is 2. The highest BCUT2D eigenvalue weighted by Crippen LogP contribution is 2.38. The van der Waals surface area contributed by atoms with E-state index in [1.165, 1.54) is 38.2 Å². The molecular formula is C12H17BrN2O. The van der Waals surface area contributed by atoms with Gasteiger partial charge in [0, 0.05) is 24.1 Å². The van der Waals surface area contributed by atoms with E-state index in [1.54, 1.807) is 17.1 Å². The quantitative estimate of drug-likeness (QED) is 0.800. The fourth-order valence-corrected chi connectivity index (χ4v) is 3.23. The summed E-state index contributed by atoms with van der Waals surface area (Å²) >= 11 is 3.61. The summed E-state index contributed by atoms with van der Waals surface area (Å²) in [4.78, 5) is 15.7. The summed E-state index contributed by atoms with van der Waals surface area (Å²) in [5.74, 6) is 0. The van der Waals surface area contributed by atoms with Crippen LogP contribution in [-0.2, 0) is 6.54 Å². The highest BCUT2D eigenvalue weighted by molar-refractivity contribution is 9.09. The van der Waals surface area contributed by atoms with Gasteiger partial charge in [0.05, 0.1) is 6.33 Å². The van der Waals surface area contributed by atoms with E-state index in [9.17, 15) is 4.79 Å². The molecule has 0 atom stereocenters. The number of halogens is 1. The maximum atomic E-state index is 11.7. The van der Waals surface area contributed by atoms with E-state index in [-0.39, 0.29) is 11.0 Å². The molecule has 16 heavy (non-hydrogen) atoms. The molecule has 1 aromatic rings. The molecule has 1 aliphatic carbocycles. The summed E-state index contributed by atoms with van der Waals surface area (Å²) < 4.78 is 1.74. The lowest BCUT2D eigenvalue weighted by Crippen LogP contribution is -2.35. The molecule has 0 aromatic carbocycles. The second-order valence-electron chi connectivity index (χ2n) is 4.74. The Kier molecular flexibility index (Phi) is 3.79. The van der Waals surface area contributed by atoms with Gasteiger partial charge in [-0.1, -0.05) is 35.2 Å². The topological polar surface area (TPSA) is 34.9 Å². The molecular weight excluding hydrogens is 268 g/mol. The number of hydrogen-bond acceptors (Lipinski definition) is 2. The number of hydrogen-bond donors (Lipinski definition) is 0. The number of rotatable bonds is 3. The van der Waals surface area contributed by atoms with Crippen molar-refractivity contribution in [1.82, 2.24) is 9.55 Å². The Morgan fingerprint density at radius 1 is 1.38 bits per heavy atom. The van der Waals surface area contributed by atoms with Gasteiger partial charge in [-0.2, -0.15) is 0 Å². The maximum absolute atomic E-state index is 11.7. The first-order valence-corrected chi connectivity index (χ1v) is 6.94. The molecule has 0 aliphatic heterocycles. The molecule has 0 saturated heterocycles. The minimum absolute atomic E-state index is 0.0564. The minimum Gasteiger partial charge on any atom is -0.299 e. The predicted octanol–water partition coefficient (Wildman–Crippen LogP) is 2.59. The van der Waals surface area contributed by atoms with E-state index in [0.29, 0.717) is 0 Å². The van der Waals surface area contributed by atoms with Gasteiger partial charge in [-0.15, -0.1) is 0 Å². The van der Waals surface area contributed by atoms with E-state index in [0.717, 1.165) is 11.9 Å². The SMILES string of the molecule is O=c1ccncn1CC1(CBr)CCCCC1. The van der Waals surface area contributed by atoms with Gasteiger partial charge in [0.1, 0.15) is 0 Å². The van der Waals surface area contributed by atoms with Gasteiger partial charge in [-0.25, -0.2) is 4.98 Å². The fraction of sp³-hybridized carbons (Fsp3) is 0.667. The van der Waals surface area contributed by atoms with Gasteiger partial charge in [-0.05, 0) is 18.3 Å². The van der Waals surface area contributed by atoms with Crippen LogP contribution in [0.15, 0.2) is 23.4 Å². The van der Waals surface area contributed by atoms with Gasteiger partial charge >= 0.3 is 0 Å². The zero-order valence-corrected chi connectivity index (χ0v) is 10.9. The number of alkyl halides is 1. The molecule has 1 fully saturated rings. The van der Waals surface area contributed by atoms with E-state index in [1.807, 2.05) is 0 Å². The monoisotopic (exact) mass is 284 g/mol. The van der Waals surface area contributed by atoms with Crippen LogP contribution in [0.1, 0.15) is 32.1 Å². The van der Waals surface area contributed by atoms with Crippen LogP contribution in [-0.4, -0.2) is 14.9 Å². The lowest BCUT2D eigenvalue weighted by atomic mass is 9.75. The molecule has 3 nitrogen and oxygen atoms in total. The smallest absolute Gasteiger partial charge is 0.253 e. The van der Waals surface area contributed by atoms with Gasteiger partial charge < -0.3 is 0 Å². The van der Waals surface area contributed by atoms with Gasteiger partial charge in [-0.3, -0.25) is 9.36 Å². The maximum Gasteiger partial charge on any atom is 0.253 e. The van der Waals surface area contributed by atoms with Crippen molar-refractivity contribution in [3.05, 3.63) is 28.9 Å². The Hall–Kier alpha value is -0.640. The third kappa shape index (κ3) is 2.54. The largest absolute Gasteiger partial charge is 0.299 e. The first kappa shape index (κ1) is 11.8. The molecule has 0 bridgehead atoms. The molecule has 88 valence electrons. The second kappa shape index (κ2) is 5.13. The third-order valence-electron chi connectivity index (χ3n) is 3.50. The molecule has 0 radical (unpaired) electrons. The van der Waals surface area contributed by atoms with Crippen molar-refractivity contribution < 1.29 is 0 Å². The molecule has 1 aromatic heterocycles. The molecule has 0 spiro atoms. The van der Waals surface area contributed by atoms with Crippen LogP contribution in [0.25, 0.3) is 0 Å². The molecule has 0 unspecified atom stereocenters. The summed E-state index contributed by atoms with van der Waals surface area (Å²) in [6.07, 6.45) is 9.51. The Morgan fingerprint density at radius 3 is 2.75 bits per heavy atom. The van der Waals surface area contributed by atoms with Gasteiger partial charge in [0.15, 0.2) is 0 Å². The van der Waals surface area contributed by atoms with E-state index in [2.05, 4.69) is 20.9 Å². The predicted molar refractivity (Wildman–Crippen MR) is 67.8 cm³/mol. The van der Waals surface area contributed by atoms with Gasteiger partial charge in [0.2, 0.25) is 0 Å². The Balaban J connectivity index is 2.18. The molecule has 0 N–H and O–H groups in total. The highest BCUT2D eigenvalue weighted by Gasteiger charge is 2.31. The van der Waals surface area contributed by atoms with Crippen molar-refractivity contribution in [2.45, 2.75) is 38.6 Å². The van der Waals surface area contributed by atoms with Crippen molar-refractivity contribution in [3.63, 3.8) is 0 Å². The van der Waals surface area contributed by atoms with Crippen LogP contribution in [0, 0.1) is 5.41 Å². The molecule has 1 heterocycles. The van der Waals surface area contributed by atoms with Crippen LogP contribution < -0.4 is 5.56 Å². The summed E-state index contributed by atoms with van der Waals surface area (Å²) in [6, 6.07) is 1.53. The van der Waals surface area contributed by atoms with Crippen molar-refractivity contribution in [2.24, 2.45) is 5.41 Å². The van der Waals surface area contributed by atoms with Crippen LogP contribution in [0.4, 0.5) is 0 Å². The fourth-order valence-electron chi connectivity index (χ4n) is 2.49. The zero-order valence-electron chi connectivity index (χ0n) is 9.36. The van der Waals surface area contributed by atoms with Crippen LogP contribution in [0.2, 0.25) is 0 Å². The normalized spacial score (nSPS) is 19.6. The van der Waals surface area contributed by atoms with Crippen LogP contribution in [0.3, 0.4) is 0 Å². The number of nitrogens with zero attached hydrogens (tertiary/aromatic N) is 2. The first-order chi connectivity index (χ1) is 7.76. The average Bonchev–Trinajstić information content (AvgIpc) is 2.33. The lowest BCUT2D eigenvalue weighted by Gasteiger charge is -2.36. The molecule has 2 rings (SSSR count). The third-order valence-corrected chi connectivity index (χ3v) is 4.69. The van der Waals surface area contributed by atoms with Crippen molar-refractivity contribution >= 4 is 15.9 Å². The highest BCUT2D eigenvalue weighted by atomic mass is 79.9. The summed E-state index contributed by atoms with van der Waals surface area (Å²) in [5.41, 5.74) is 0.311. The van der Waals surface area contributed by atoms with Crippen LogP contribution in [0.5, 0.6) is 0 Å². The summed E-state index contributed by atoms with van der Waals surface area (Å²) in [6.45, 7) is 0.797. The first-order valence-electron chi connectivity index (χ1n) is 5.82. The Bertz CT molecular complexity index is 396. The van der Waals surface area contributed by atoms with Crippen molar-refractivity contribution in [2.75, 3.05) is 5.33 Å². The Labute approximate surface area is 104 Å². The van der Waals surface area contributed by atoms with E-state index in [4.69, 9.17) is 0 Å². The second-order valence-corrected chi connectivity index (χ2v) is 5.30. The lowest BCUT2D eigenvalue weighted by molar-refractivity contribution is 0.188. The molecule has 1 saturated carbocycles. The molecule has 0 amide bonds. The molecule has 1 aliphatic rings. The zero-order chi connectivity index (χ0) is 11.4. The summed E-state index contributed by atoms with van der Waals surface area (Å²) in [5, 5.41) is 0.974.